The number of ether oxygens (including phenoxy) is 1. The lowest BCUT2D eigenvalue weighted by Gasteiger charge is -2.33. The van der Waals surface area contributed by atoms with Gasteiger partial charge in [0.15, 0.2) is 0 Å². The van der Waals surface area contributed by atoms with Crippen LogP contribution in [0, 0.1) is 0 Å². The summed E-state index contributed by atoms with van der Waals surface area (Å²) in [5.74, 6) is 0.370. The number of carbonyl (C=O) groups excluding carboxylic acids is 1. The fraction of sp³-hybridized carbons (Fsp3) is 0.538. The van der Waals surface area contributed by atoms with Gasteiger partial charge in [-0.1, -0.05) is 0 Å². The molecular weight excluding hydrogens is 230 g/mol. The fourth-order valence-electron chi connectivity index (χ4n) is 2.31. The molecule has 1 fully saturated rings. The maximum Gasteiger partial charge on any atom is 0.341 e. The van der Waals surface area contributed by atoms with E-state index in [1.165, 1.54) is 7.11 Å². The van der Waals surface area contributed by atoms with Crippen molar-refractivity contribution in [2.75, 3.05) is 32.1 Å². The molecule has 0 spiro atoms. The fourth-order valence-corrected chi connectivity index (χ4v) is 2.31. The molecule has 0 unspecified atom stereocenters. The molecule has 1 aromatic rings. The van der Waals surface area contributed by atoms with Gasteiger partial charge in [0, 0.05) is 19.3 Å². The molecule has 2 rings (SSSR count). The number of nitrogens with one attached hydrogen (secondary N) is 1. The van der Waals surface area contributed by atoms with Crippen molar-refractivity contribution in [3.05, 3.63) is 23.9 Å². The highest BCUT2D eigenvalue weighted by molar-refractivity contribution is 5.94. The normalized spacial score (nSPS) is 16.3. The summed E-state index contributed by atoms with van der Waals surface area (Å²) in [5.41, 5.74) is 0.529. The van der Waals surface area contributed by atoms with Crippen molar-refractivity contribution in [3.8, 4) is 0 Å². The molecule has 5 nitrogen and oxygen atoms in total. The van der Waals surface area contributed by atoms with Crippen molar-refractivity contribution in [3.63, 3.8) is 0 Å². The third-order valence-corrected chi connectivity index (χ3v) is 3.38. The van der Waals surface area contributed by atoms with Gasteiger partial charge in [-0.3, -0.25) is 0 Å². The second-order valence-corrected chi connectivity index (χ2v) is 4.46. The molecule has 0 amide bonds. The summed E-state index contributed by atoms with van der Waals surface area (Å²) in [7, 11) is 3.38. The Morgan fingerprint density at radius 2 is 2.22 bits per heavy atom. The van der Waals surface area contributed by atoms with Crippen molar-refractivity contribution >= 4 is 11.8 Å². The minimum atomic E-state index is -0.334. The highest BCUT2D eigenvalue weighted by Crippen LogP contribution is 2.22. The van der Waals surface area contributed by atoms with Crippen molar-refractivity contribution in [1.82, 2.24) is 10.3 Å². The lowest BCUT2D eigenvalue weighted by Crippen LogP contribution is -2.42. The Labute approximate surface area is 107 Å². The number of hydrogen-bond acceptors (Lipinski definition) is 5. The minimum Gasteiger partial charge on any atom is -0.465 e. The molecule has 0 atom stereocenters. The van der Waals surface area contributed by atoms with E-state index in [9.17, 15) is 4.79 Å². The van der Waals surface area contributed by atoms with E-state index < -0.39 is 0 Å². The SMILES string of the molecule is COC(=O)c1cccnc1N(C)C1CCNCC1. The van der Waals surface area contributed by atoms with E-state index in [1.54, 1.807) is 18.3 Å². The van der Waals surface area contributed by atoms with Crippen LogP contribution in [0.5, 0.6) is 0 Å². The molecule has 0 aliphatic carbocycles. The number of piperidine rings is 1. The zero-order chi connectivity index (χ0) is 13.0. The number of esters is 1. The quantitative estimate of drug-likeness (QED) is 0.812. The maximum absolute atomic E-state index is 11.7. The summed E-state index contributed by atoms with van der Waals surface area (Å²) in [6.07, 6.45) is 3.83. The van der Waals surface area contributed by atoms with Crippen LogP contribution in [-0.2, 0) is 4.74 Å². The molecule has 5 heteroatoms. The van der Waals surface area contributed by atoms with Crippen LogP contribution >= 0.6 is 0 Å². The van der Waals surface area contributed by atoms with E-state index in [0.29, 0.717) is 17.4 Å². The Balaban J connectivity index is 2.23. The van der Waals surface area contributed by atoms with E-state index in [1.807, 2.05) is 7.05 Å². The number of carbonyl (C=O) groups is 1. The molecule has 1 aromatic heterocycles. The molecule has 1 aliphatic rings. The number of anilines is 1. The van der Waals surface area contributed by atoms with Crippen LogP contribution in [0.15, 0.2) is 18.3 Å². The Hall–Kier alpha value is -1.62. The summed E-state index contributed by atoms with van der Waals surface area (Å²) < 4.78 is 4.80. The topological polar surface area (TPSA) is 54.5 Å². The zero-order valence-corrected chi connectivity index (χ0v) is 10.8. The Kier molecular flexibility index (Phi) is 4.15. The number of methoxy groups -OCH3 is 1. The molecule has 18 heavy (non-hydrogen) atoms. The van der Waals surface area contributed by atoms with E-state index >= 15 is 0 Å². The van der Waals surface area contributed by atoms with E-state index in [4.69, 9.17) is 4.74 Å². The van der Waals surface area contributed by atoms with Gasteiger partial charge in [0.2, 0.25) is 0 Å². The lowest BCUT2D eigenvalue weighted by molar-refractivity contribution is 0.0601. The minimum absolute atomic E-state index is 0.334. The molecule has 1 N–H and O–H groups in total. The first-order valence-electron chi connectivity index (χ1n) is 6.21. The molecule has 0 aromatic carbocycles. The van der Waals surface area contributed by atoms with Gasteiger partial charge in [-0.2, -0.15) is 0 Å². The molecule has 0 saturated carbocycles. The van der Waals surface area contributed by atoms with Crippen LogP contribution < -0.4 is 10.2 Å². The standard InChI is InChI=1S/C13H19N3O2/c1-16(10-5-8-14-9-6-10)12-11(13(17)18-2)4-3-7-15-12/h3-4,7,10,14H,5-6,8-9H2,1-2H3. The van der Waals surface area contributed by atoms with Crippen LogP contribution in [-0.4, -0.2) is 44.2 Å². The first-order chi connectivity index (χ1) is 8.74. The highest BCUT2D eigenvalue weighted by atomic mass is 16.5. The maximum atomic E-state index is 11.7. The second-order valence-electron chi connectivity index (χ2n) is 4.46. The van der Waals surface area contributed by atoms with Crippen molar-refractivity contribution < 1.29 is 9.53 Å². The Bertz CT molecular complexity index is 416. The number of hydrogen-bond donors (Lipinski definition) is 1. The van der Waals surface area contributed by atoms with Crippen LogP contribution in [0.25, 0.3) is 0 Å². The molecule has 1 aliphatic heterocycles. The predicted molar refractivity (Wildman–Crippen MR) is 69.9 cm³/mol. The largest absolute Gasteiger partial charge is 0.465 e. The van der Waals surface area contributed by atoms with E-state index in [2.05, 4.69) is 15.2 Å². The van der Waals surface area contributed by atoms with Gasteiger partial charge in [0.05, 0.1) is 7.11 Å². The zero-order valence-electron chi connectivity index (χ0n) is 10.8. The second kappa shape index (κ2) is 5.82. The highest BCUT2D eigenvalue weighted by Gasteiger charge is 2.23. The van der Waals surface area contributed by atoms with Gasteiger partial charge in [-0.05, 0) is 38.1 Å². The molecular formula is C13H19N3O2. The first-order valence-corrected chi connectivity index (χ1v) is 6.21. The Morgan fingerprint density at radius 1 is 1.50 bits per heavy atom. The summed E-state index contributed by atoms with van der Waals surface area (Å²) in [5, 5.41) is 3.33. The van der Waals surface area contributed by atoms with Crippen LogP contribution in [0.4, 0.5) is 5.82 Å². The van der Waals surface area contributed by atoms with Crippen molar-refractivity contribution in [2.24, 2.45) is 0 Å². The molecule has 2 heterocycles. The van der Waals surface area contributed by atoms with Crippen LogP contribution in [0.2, 0.25) is 0 Å². The lowest BCUT2D eigenvalue weighted by atomic mass is 10.0. The summed E-state index contributed by atoms with van der Waals surface area (Å²) >= 11 is 0. The summed E-state index contributed by atoms with van der Waals surface area (Å²) in [6.45, 7) is 2.02. The average Bonchev–Trinajstić information content (AvgIpc) is 2.46. The van der Waals surface area contributed by atoms with Crippen molar-refractivity contribution in [1.29, 1.82) is 0 Å². The molecule has 1 saturated heterocycles. The van der Waals surface area contributed by atoms with Crippen LogP contribution in [0.1, 0.15) is 23.2 Å². The third-order valence-electron chi connectivity index (χ3n) is 3.38. The Morgan fingerprint density at radius 3 is 2.89 bits per heavy atom. The number of pyridine rings is 1. The molecule has 0 radical (unpaired) electrons. The van der Waals surface area contributed by atoms with Gasteiger partial charge in [0.25, 0.3) is 0 Å². The predicted octanol–water partition coefficient (Wildman–Crippen LogP) is 1.06. The van der Waals surface area contributed by atoms with Gasteiger partial charge in [-0.25, -0.2) is 9.78 Å². The monoisotopic (exact) mass is 249 g/mol. The number of rotatable bonds is 3. The van der Waals surface area contributed by atoms with E-state index in [0.717, 1.165) is 25.9 Å². The molecule has 0 bridgehead atoms. The van der Waals surface area contributed by atoms with Crippen LogP contribution in [0.3, 0.4) is 0 Å². The number of nitrogens with zero attached hydrogens (tertiary/aromatic N) is 2. The van der Waals surface area contributed by atoms with Gasteiger partial charge >= 0.3 is 5.97 Å². The average molecular weight is 249 g/mol. The number of aromatic nitrogens is 1. The summed E-state index contributed by atoms with van der Waals surface area (Å²) in [4.78, 5) is 18.1. The van der Waals surface area contributed by atoms with Gasteiger partial charge in [-0.15, -0.1) is 0 Å². The third kappa shape index (κ3) is 2.61. The first kappa shape index (κ1) is 12.8. The smallest absolute Gasteiger partial charge is 0.341 e. The van der Waals surface area contributed by atoms with Gasteiger partial charge < -0.3 is 15.0 Å². The van der Waals surface area contributed by atoms with E-state index in [-0.39, 0.29) is 5.97 Å². The van der Waals surface area contributed by atoms with Crippen molar-refractivity contribution in [2.45, 2.75) is 18.9 Å². The summed E-state index contributed by atoms with van der Waals surface area (Å²) in [6, 6.07) is 3.93. The van der Waals surface area contributed by atoms with Gasteiger partial charge in [0.1, 0.15) is 11.4 Å². The molecule has 98 valence electrons.